The minimum atomic E-state index is -1.20. The van der Waals surface area contributed by atoms with E-state index in [1.165, 1.54) is 18.2 Å². The number of para-hydroxylation sites is 1. The molecule has 0 aliphatic heterocycles. The van der Waals surface area contributed by atoms with Gasteiger partial charge in [-0.25, -0.2) is 4.39 Å². The lowest BCUT2D eigenvalue weighted by Gasteiger charge is -2.14. The first-order valence-corrected chi connectivity index (χ1v) is 11.7. The first-order valence-electron chi connectivity index (χ1n) is 11.0. The summed E-state index contributed by atoms with van der Waals surface area (Å²) in [4.78, 5) is 13.0. The molecule has 0 bridgehead atoms. The average Bonchev–Trinajstić information content (AvgIpc) is 3.40. The number of benzene rings is 3. The summed E-state index contributed by atoms with van der Waals surface area (Å²) in [5.74, 6) is -1.17. The van der Waals surface area contributed by atoms with Crippen molar-refractivity contribution in [2.45, 2.75) is 20.0 Å². The van der Waals surface area contributed by atoms with Crippen LogP contribution in [0.15, 0.2) is 72.8 Å². The van der Waals surface area contributed by atoms with Crippen molar-refractivity contribution in [1.82, 2.24) is 0 Å². The zero-order valence-electron chi connectivity index (χ0n) is 19.0. The second kappa shape index (κ2) is 10.1. The summed E-state index contributed by atoms with van der Waals surface area (Å²) in [5.41, 5.74) is 0.852. The number of ether oxygens (including phenoxy) is 2. The van der Waals surface area contributed by atoms with Crippen LogP contribution in [0.1, 0.15) is 31.1 Å². The maximum absolute atomic E-state index is 14.3. The van der Waals surface area contributed by atoms with E-state index in [-0.39, 0.29) is 17.1 Å². The summed E-state index contributed by atoms with van der Waals surface area (Å²) in [5, 5.41) is 10.6. The predicted octanol–water partition coefficient (Wildman–Crippen LogP) is 8.02. The third kappa shape index (κ3) is 5.51. The highest BCUT2D eigenvalue weighted by atomic mass is 35.5. The van der Waals surface area contributed by atoms with E-state index in [9.17, 15) is 14.4 Å². The van der Waals surface area contributed by atoms with Gasteiger partial charge in [0.2, 0.25) is 6.10 Å². The molecule has 1 fully saturated rings. The van der Waals surface area contributed by atoms with Gasteiger partial charge in [0.05, 0.1) is 16.0 Å². The van der Waals surface area contributed by atoms with Crippen LogP contribution < -0.4 is 4.74 Å². The Bertz CT molecular complexity index is 1320. The second-order valence-corrected chi connectivity index (χ2v) is 9.72. The molecule has 1 aliphatic carbocycles. The largest absolute Gasteiger partial charge is 0.454 e. The van der Waals surface area contributed by atoms with Crippen LogP contribution in [0.5, 0.6) is 11.5 Å². The van der Waals surface area contributed by atoms with Crippen molar-refractivity contribution in [3.05, 3.63) is 99.8 Å². The van der Waals surface area contributed by atoms with E-state index in [1.807, 2.05) is 44.2 Å². The molecule has 0 spiro atoms. The Labute approximate surface area is 213 Å². The number of esters is 1. The number of nitrogens with zero attached hydrogens (tertiary/aromatic N) is 1. The van der Waals surface area contributed by atoms with Gasteiger partial charge in [0.15, 0.2) is 11.6 Å². The van der Waals surface area contributed by atoms with Gasteiger partial charge in [0.25, 0.3) is 0 Å². The number of allylic oxidation sites excluding steroid dienone is 1. The maximum Gasteiger partial charge on any atom is 0.311 e. The van der Waals surface area contributed by atoms with E-state index < -0.39 is 23.8 Å². The Balaban J connectivity index is 1.46. The molecule has 1 saturated carbocycles. The molecule has 3 aromatic rings. The highest BCUT2D eigenvalue weighted by Crippen LogP contribution is 2.60. The predicted molar refractivity (Wildman–Crippen MR) is 134 cm³/mol. The molecule has 178 valence electrons. The van der Waals surface area contributed by atoms with Gasteiger partial charge in [-0.3, -0.25) is 4.79 Å². The van der Waals surface area contributed by atoms with Gasteiger partial charge in [-0.1, -0.05) is 79.5 Å². The van der Waals surface area contributed by atoms with Gasteiger partial charge in [0.1, 0.15) is 11.8 Å². The van der Waals surface area contributed by atoms with Gasteiger partial charge < -0.3 is 9.47 Å². The third-order valence-corrected chi connectivity index (χ3v) is 6.92. The van der Waals surface area contributed by atoms with Crippen LogP contribution in [-0.2, 0) is 9.53 Å². The van der Waals surface area contributed by atoms with E-state index >= 15 is 0 Å². The van der Waals surface area contributed by atoms with Gasteiger partial charge in [-0.2, -0.15) is 5.26 Å². The van der Waals surface area contributed by atoms with Crippen molar-refractivity contribution >= 4 is 35.2 Å². The lowest BCUT2D eigenvalue weighted by atomic mass is 10.1. The fourth-order valence-electron chi connectivity index (χ4n) is 4.05. The fourth-order valence-corrected chi connectivity index (χ4v) is 4.36. The smallest absolute Gasteiger partial charge is 0.311 e. The fraction of sp³-hybridized carbons (Fsp3) is 0.214. The summed E-state index contributed by atoms with van der Waals surface area (Å²) in [6.45, 7) is 3.93. The Morgan fingerprint density at radius 3 is 2.51 bits per heavy atom. The zero-order chi connectivity index (χ0) is 25.2. The molecule has 0 saturated heterocycles. The third-order valence-electron chi connectivity index (χ3n) is 6.18. The van der Waals surface area contributed by atoms with E-state index in [4.69, 9.17) is 32.7 Å². The Kier molecular flexibility index (Phi) is 7.16. The summed E-state index contributed by atoms with van der Waals surface area (Å²) < 4.78 is 25.5. The van der Waals surface area contributed by atoms with Crippen LogP contribution in [0.4, 0.5) is 4.39 Å². The topological polar surface area (TPSA) is 59.3 Å². The quantitative estimate of drug-likeness (QED) is 0.302. The molecule has 3 aromatic carbocycles. The molecule has 35 heavy (non-hydrogen) atoms. The summed E-state index contributed by atoms with van der Waals surface area (Å²) >= 11 is 12.0. The second-order valence-electron chi connectivity index (χ2n) is 8.91. The van der Waals surface area contributed by atoms with Crippen molar-refractivity contribution in [3.63, 3.8) is 0 Å². The molecule has 0 radical (unpaired) electrons. The first kappa shape index (κ1) is 24.8. The van der Waals surface area contributed by atoms with Crippen molar-refractivity contribution in [1.29, 1.82) is 5.26 Å². The molecule has 0 N–H and O–H groups in total. The van der Waals surface area contributed by atoms with Gasteiger partial charge in [-0.15, -0.1) is 0 Å². The number of rotatable bonds is 7. The van der Waals surface area contributed by atoms with E-state index in [0.29, 0.717) is 21.4 Å². The maximum atomic E-state index is 14.3. The van der Waals surface area contributed by atoms with E-state index in [0.717, 1.165) is 5.56 Å². The number of carbonyl (C=O) groups is 1. The summed E-state index contributed by atoms with van der Waals surface area (Å²) in [6, 6.07) is 20.0. The van der Waals surface area contributed by atoms with Gasteiger partial charge >= 0.3 is 5.97 Å². The van der Waals surface area contributed by atoms with Crippen LogP contribution in [0, 0.1) is 34.4 Å². The molecule has 0 heterocycles. The summed E-state index contributed by atoms with van der Waals surface area (Å²) in [6.07, 6.45) is 2.63. The van der Waals surface area contributed by atoms with Crippen LogP contribution in [-0.4, -0.2) is 5.97 Å². The zero-order valence-corrected chi connectivity index (χ0v) is 20.6. The molecule has 4 nitrogen and oxygen atoms in total. The van der Waals surface area contributed by atoms with Gasteiger partial charge in [-0.05, 0) is 53.3 Å². The normalized spacial score (nSPS) is 19.1. The average molecular weight is 510 g/mol. The van der Waals surface area contributed by atoms with E-state index in [2.05, 4.69) is 0 Å². The first-order chi connectivity index (χ1) is 16.7. The highest BCUT2D eigenvalue weighted by molar-refractivity contribution is 6.42. The van der Waals surface area contributed by atoms with Crippen molar-refractivity contribution < 1.29 is 18.7 Å². The number of carbonyl (C=O) groups excluding carboxylic acids is 1. The molecule has 3 unspecified atom stereocenters. The number of halogens is 3. The lowest BCUT2D eigenvalue weighted by Crippen LogP contribution is -2.14. The molecule has 7 heteroatoms. The summed E-state index contributed by atoms with van der Waals surface area (Å²) in [7, 11) is 0. The number of hydrogen-bond acceptors (Lipinski definition) is 4. The van der Waals surface area contributed by atoms with Crippen LogP contribution in [0.3, 0.4) is 0 Å². The molecular formula is C28H22Cl2FNO3. The van der Waals surface area contributed by atoms with E-state index in [1.54, 1.807) is 36.4 Å². The monoisotopic (exact) mass is 509 g/mol. The molecule has 0 aromatic heterocycles. The van der Waals surface area contributed by atoms with Crippen molar-refractivity contribution in [3.8, 4) is 17.6 Å². The SMILES string of the molecule is CC1(C)C(C=Cc2ccc(Cl)c(Cl)c2)C1C(=O)OC(C#N)c1ccc(F)c(Oc2ccccc2)c1. The van der Waals surface area contributed by atoms with Crippen LogP contribution >= 0.6 is 23.2 Å². The van der Waals surface area contributed by atoms with Gasteiger partial charge in [0, 0.05) is 5.56 Å². The minimum absolute atomic E-state index is 0.0563. The van der Waals surface area contributed by atoms with Crippen LogP contribution in [0.25, 0.3) is 6.08 Å². The molecule has 4 rings (SSSR count). The lowest BCUT2D eigenvalue weighted by molar-refractivity contribution is -0.149. The molecular weight excluding hydrogens is 488 g/mol. The van der Waals surface area contributed by atoms with Crippen molar-refractivity contribution in [2.75, 3.05) is 0 Å². The highest BCUT2D eigenvalue weighted by Gasteiger charge is 2.61. The van der Waals surface area contributed by atoms with Crippen LogP contribution in [0.2, 0.25) is 10.0 Å². The molecule has 1 aliphatic rings. The molecule has 0 amide bonds. The standard InChI is InChI=1S/C28H22Cl2FNO3/c1-28(2)20(11-8-17-9-12-21(29)22(30)14-17)26(28)27(33)35-25(16-32)18-10-13-23(31)24(15-18)34-19-6-4-3-5-7-19/h3-15,20,25-26H,1-2H3. The Morgan fingerprint density at radius 2 is 1.83 bits per heavy atom. The number of nitriles is 1. The Hall–Kier alpha value is -3.33. The number of hydrogen-bond donors (Lipinski definition) is 0. The molecule has 3 atom stereocenters. The van der Waals surface area contributed by atoms with Crippen molar-refractivity contribution in [2.24, 2.45) is 17.3 Å². The Morgan fingerprint density at radius 1 is 1.09 bits per heavy atom. The minimum Gasteiger partial charge on any atom is -0.454 e.